The molecule has 23 nitrogen and oxygen atoms in total. The first kappa shape index (κ1) is 120. The van der Waals surface area contributed by atoms with E-state index in [4.69, 9.17) is 44.6 Å². The Balaban J connectivity index is -0.000000403. The number of nitrogens with zero attached hydrogens (tertiary/aromatic N) is 1. The number of unbranched alkanes of at least 4 members (excludes halogenated alkanes) is 1. The van der Waals surface area contributed by atoms with Crippen LogP contribution >= 0.6 is 122 Å². The van der Waals surface area contributed by atoms with E-state index in [-0.39, 0.29) is 24.2 Å². The SMILES string of the molecule is C.CC.CC(C)(C)OC(=O)NCCc1c[nH]c2ccc(O)cc12.CC(C)(C)OC(=O)OC(=O)OC(C)(C)C.CC(C)C.CCC.CCCC.CCCN1CCOCC1.CI.COc1ccc2[nH]cc(CCN)c2c1.COc1ccc2[nH]cc(CCNC(=O)OC(C)(C)C)c2c1.NCCc1c[nH]c2ccc(O)cc12.[I][V]([I])[I].[I][V][I]. The number of carbonyl (C=O) groups excluding carboxylic acids is 4. The Morgan fingerprint density at radius 1 is 0.522 bits per heavy atom. The van der Waals surface area contributed by atoms with Gasteiger partial charge in [-0.1, -0.05) is 119 Å². The van der Waals surface area contributed by atoms with Gasteiger partial charge in [-0.3, -0.25) is 4.90 Å². The zero-order chi connectivity index (χ0) is 88.2. The number of ether oxygens (including phenoxy) is 8. The minimum absolute atomic E-state index is 0. The van der Waals surface area contributed by atoms with Crippen molar-refractivity contribution in [1.82, 2.24) is 35.5 Å². The fourth-order valence-corrected chi connectivity index (χ4v) is 9.02. The van der Waals surface area contributed by atoms with Gasteiger partial charge in [0.15, 0.2) is 0 Å². The van der Waals surface area contributed by atoms with Crippen LogP contribution in [0.15, 0.2) is 97.6 Å². The molecule has 1 aliphatic heterocycles. The summed E-state index contributed by atoms with van der Waals surface area (Å²) in [4.78, 5) is 62.0. The van der Waals surface area contributed by atoms with Crippen LogP contribution in [0.5, 0.6) is 23.0 Å². The molecular formula is C84H142I6N9O14V2. The van der Waals surface area contributed by atoms with Crippen molar-refractivity contribution in [3.05, 3.63) is 120 Å². The third kappa shape index (κ3) is 64.4. The summed E-state index contributed by atoms with van der Waals surface area (Å²) in [7, 11) is 3.95. The molecule has 12 N–H and O–H groups in total. The third-order valence-corrected chi connectivity index (χ3v) is 13.5. The molecular weight excluding hydrogens is 2220 g/mol. The molecule has 1 fully saturated rings. The van der Waals surface area contributed by atoms with Crippen molar-refractivity contribution in [3.63, 3.8) is 0 Å². The fourth-order valence-electron chi connectivity index (χ4n) is 9.02. The number of nitrogens with one attached hydrogen (secondary N) is 6. The zero-order valence-electron chi connectivity index (χ0n) is 72.4. The van der Waals surface area contributed by atoms with E-state index in [1.807, 2.05) is 134 Å². The molecule has 5 heterocycles. The average Bonchev–Trinajstić information content (AvgIpc) is 1.70. The van der Waals surface area contributed by atoms with Gasteiger partial charge in [-0.15, -0.1) is 0 Å². The number of methoxy groups -OCH3 is 2. The fraction of sp³-hybridized carbons (Fsp3) is 0.571. The van der Waals surface area contributed by atoms with Crippen molar-refractivity contribution in [3.8, 4) is 23.0 Å². The van der Waals surface area contributed by atoms with E-state index in [1.54, 1.807) is 80.0 Å². The van der Waals surface area contributed by atoms with E-state index in [0.29, 0.717) is 47.8 Å². The molecule has 0 bridgehead atoms. The second-order valence-electron chi connectivity index (χ2n) is 29.2. The van der Waals surface area contributed by atoms with E-state index in [1.165, 1.54) is 43.2 Å². The van der Waals surface area contributed by atoms with Crippen LogP contribution in [0.25, 0.3) is 43.6 Å². The van der Waals surface area contributed by atoms with E-state index in [9.17, 15) is 29.4 Å². The number of benzene rings is 4. The summed E-state index contributed by atoms with van der Waals surface area (Å²) in [5.74, 6) is 3.07. The number of rotatable bonds is 15. The number of nitrogens with two attached hydrogens (primary N) is 2. The maximum absolute atomic E-state index is 11.6. The number of amides is 2. The van der Waals surface area contributed by atoms with Crippen molar-refractivity contribution >= 4 is 191 Å². The quantitative estimate of drug-likeness (QED) is 0.0150. The van der Waals surface area contributed by atoms with E-state index >= 15 is 0 Å². The van der Waals surface area contributed by atoms with Gasteiger partial charge in [-0.2, -0.15) is 0 Å². The Labute approximate surface area is 770 Å². The number of fused-ring (bicyclic) bond motifs is 4. The molecule has 2 amide bonds. The van der Waals surface area contributed by atoms with Crippen LogP contribution in [0.3, 0.4) is 0 Å². The number of phenols is 2. The molecule has 9 rings (SSSR count). The molecule has 0 atom stereocenters. The molecule has 0 unspecified atom stereocenters. The molecule has 4 aromatic carbocycles. The first-order valence-corrected chi connectivity index (χ1v) is 62.9. The Morgan fingerprint density at radius 3 is 1.04 bits per heavy atom. The van der Waals surface area contributed by atoms with E-state index in [2.05, 4.69) is 218 Å². The minimum atomic E-state index is -1.06. The second kappa shape index (κ2) is 70.4. The molecule has 4 aromatic heterocycles. The second-order valence-corrected chi connectivity index (χ2v) is 76.3. The third-order valence-electron chi connectivity index (χ3n) is 13.5. The molecule has 0 spiro atoms. The molecule has 659 valence electrons. The number of morpholine rings is 1. The standard InChI is InChI=1S/C16H22N2O3.C15H20N2O3.C11H14N2O.C10H12N2O.C10H18O5.C7H15NO.2C4H10.C3H8.C2H6.CH3I.CH4.5HI.2V/c1-16(2,3)21-15(19)17-8-7-11-10-18-14-6-5-12(20-4)9-13(11)14;1-15(2,3)20-14(19)16-7-6-10-9-17-13-5-4-11(18)8-12(10)13;1-14-9-2-3-11-10(6-9)8(4-5-12)7-13-11;11-4-3-7-6-12-10-2-1-8(13)5-9(7)10;1-9(2,3)14-7(11)13-8(12)15-10(4,5)6;1-2-3-8-4-6-9-7-5-8;1-4(2)3;1-3-4-2;1-3-2;2*1-2;;;;;;;;/h5-6,9-10,18H,7-8H2,1-4H3,(H,17,19);4-5,8-9,17-18H,6-7H2,1-3H3,(H,16,19);2-3,6-7,13H,4-5,12H2,1H3;1-2,5-6,12-13H,3-4,11H2;1-6H3;2-7H2,1H3;4H,1-3H3;3-4H2,1-2H3;3H2,1-2H3;1-2H3;1H3;1H4;5*1H;;/q;;;;;;;;;;;;;;;;;+2;+3/p-5. The van der Waals surface area contributed by atoms with Gasteiger partial charge < -0.3 is 90.1 Å². The Bertz CT molecular complexity index is 3730. The van der Waals surface area contributed by atoms with Gasteiger partial charge in [-0.25, -0.2) is 19.2 Å². The van der Waals surface area contributed by atoms with Gasteiger partial charge in [0.25, 0.3) is 0 Å². The van der Waals surface area contributed by atoms with Gasteiger partial charge in [0, 0.05) is 94.6 Å². The normalized spacial score (nSPS) is 11.2. The van der Waals surface area contributed by atoms with Gasteiger partial charge in [0.05, 0.1) is 27.4 Å². The summed E-state index contributed by atoms with van der Waals surface area (Å²) in [6, 6.07) is 22.4. The summed E-state index contributed by atoms with van der Waals surface area (Å²) >= 11 is 14.3. The summed E-state index contributed by atoms with van der Waals surface area (Å²) in [5, 5.41) is 28.6. The van der Waals surface area contributed by atoms with Crippen LogP contribution in [-0.4, -0.2) is 160 Å². The summed E-state index contributed by atoms with van der Waals surface area (Å²) in [6.45, 7) is 50.0. The van der Waals surface area contributed by atoms with Crippen LogP contribution in [0.2, 0.25) is 0 Å². The van der Waals surface area contributed by atoms with Crippen LogP contribution in [0, 0.1) is 5.92 Å². The number of halogens is 6. The van der Waals surface area contributed by atoms with Crippen LogP contribution in [0.4, 0.5) is 19.2 Å². The predicted octanol–water partition coefficient (Wildman–Crippen LogP) is 24.9. The zero-order valence-corrected chi connectivity index (χ0v) is 88.1. The van der Waals surface area contributed by atoms with Gasteiger partial charge >= 0.3 is 139 Å². The summed E-state index contributed by atoms with van der Waals surface area (Å²) in [6.07, 6.45) is 13.2. The molecule has 0 saturated carbocycles. The average molecular weight is 2370 g/mol. The van der Waals surface area contributed by atoms with E-state index in [0.717, 1.165) is 118 Å². The van der Waals surface area contributed by atoms with Crippen LogP contribution < -0.4 is 31.6 Å². The van der Waals surface area contributed by atoms with Crippen molar-refractivity contribution in [2.75, 3.05) is 78.2 Å². The number of H-pyrrole nitrogens is 4. The molecule has 0 aliphatic carbocycles. The van der Waals surface area contributed by atoms with Crippen molar-refractivity contribution in [2.45, 2.75) is 234 Å². The number of aromatic amines is 4. The van der Waals surface area contributed by atoms with Gasteiger partial charge in [0.2, 0.25) is 0 Å². The number of hydrogen-bond acceptors (Lipinski definition) is 17. The van der Waals surface area contributed by atoms with Crippen molar-refractivity contribution in [1.29, 1.82) is 0 Å². The topological polar surface area (TPSA) is 325 Å². The Hall–Kier alpha value is -3.09. The Kier molecular flexibility index (Phi) is 73.8. The number of alkyl carbamates (subject to hydrolysis) is 2. The first-order valence-electron chi connectivity index (χ1n) is 38.2. The van der Waals surface area contributed by atoms with E-state index < -0.39 is 40.8 Å². The monoisotopic (exact) mass is 2360 g/mol. The van der Waals surface area contributed by atoms with Crippen molar-refractivity contribution in [2.24, 2.45) is 17.4 Å². The first-order chi connectivity index (χ1) is 53.5. The summed E-state index contributed by atoms with van der Waals surface area (Å²) in [5.41, 5.74) is 17.5. The number of aromatic nitrogens is 4. The molecule has 31 heteroatoms. The number of hydrogen-bond donors (Lipinski definition) is 10. The number of carbonyl (C=O) groups is 4. The molecule has 1 aliphatic rings. The molecule has 8 aromatic rings. The van der Waals surface area contributed by atoms with Crippen molar-refractivity contribution < 1.29 is 81.7 Å². The van der Waals surface area contributed by atoms with Gasteiger partial charge in [-0.05, 0) is 241 Å². The van der Waals surface area contributed by atoms with Gasteiger partial charge in [0.1, 0.15) is 45.4 Å². The molecule has 115 heavy (non-hydrogen) atoms. The summed E-state index contributed by atoms with van der Waals surface area (Å²) < 4.78 is 39.8. The Morgan fingerprint density at radius 2 is 0.791 bits per heavy atom. The van der Waals surface area contributed by atoms with Crippen LogP contribution in [0.1, 0.15) is 208 Å². The number of phenolic OH excluding ortho intramolecular Hbond substituents is 2. The van der Waals surface area contributed by atoms with Crippen LogP contribution in [-0.2, 0) is 68.5 Å². The number of aromatic hydroxyl groups is 2. The molecule has 0 radical (unpaired) electrons. The molecule has 1 saturated heterocycles. The maximum atomic E-state index is 11.6. The number of alkyl halides is 1. The predicted molar refractivity (Wildman–Crippen MR) is 527 cm³/mol.